The highest BCUT2D eigenvalue weighted by molar-refractivity contribution is 6.03. The van der Waals surface area contributed by atoms with E-state index in [1.807, 2.05) is 0 Å². The van der Waals surface area contributed by atoms with E-state index >= 15 is 0 Å². The Morgan fingerprint density at radius 1 is 1.29 bits per heavy atom. The van der Waals surface area contributed by atoms with Crippen LogP contribution in [0.2, 0.25) is 0 Å². The first-order valence-corrected chi connectivity index (χ1v) is 8.16. The van der Waals surface area contributed by atoms with Crippen LogP contribution in [0.3, 0.4) is 0 Å². The number of urea groups is 1. The largest absolute Gasteiger partial charge is 0.358 e. The molecule has 24 heavy (non-hydrogen) atoms. The minimum Gasteiger partial charge on any atom is -0.358 e. The number of aromatic amines is 1. The zero-order valence-corrected chi connectivity index (χ0v) is 13.4. The van der Waals surface area contributed by atoms with Gasteiger partial charge in [0.25, 0.3) is 5.91 Å². The smallest absolute Gasteiger partial charge is 0.324 e. The van der Waals surface area contributed by atoms with Gasteiger partial charge in [-0.05, 0) is 30.7 Å². The number of hydrogen-bond donors (Lipinski definition) is 2. The van der Waals surface area contributed by atoms with Gasteiger partial charge in [0.1, 0.15) is 11.9 Å². The maximum atomic E-state index is 13.5. The number of imide groups is 1. The number of aromatic nitrogens is 1. The van der Waals surface area contributed by atoms with E-state index in [2.05, 4.69) is 15.2 Å². The minimum absolute atomic E-state index is 0.174. The van der Waals surface area contributed by atoms with Gasteiger partial charge in [0, 0.05) is 49.2 Å². The Labute approximate surface area is 138 Å². The Hall–Kier alpha value is -2.41. The van der Waals surface area contributed by atoms with E-state index in [9.17, 15) is 14.0 Å². The van der Waals surface area contributed by atoms with E-state index in [0.717, 1.165) is 35.1 Å². The van der Waals surface area contributed by atoms with Gasteiger partial charge in [-0.15, -0.1) is 0 Å². The zero-order valence-electron chi connectivity index (χ0n) is 13.4. The third-order valence-electron chi connectivity index (χ3n) is 4.88. The SMILES string of the molecule is C[C@H]1NC(=O)N(CCN2CCc3[nH]c4ccc(F)cc4c3C2)C1=O. The second-order valence-corrected chi connectivity index (χ2v) is 6.46. The maximum Gasteiger partial charge on any atom is 0.324 e. The van der Waals surface area contributed by atoms with Crippen LogP contribution in [0.1, 0.15) is 18.2 Å². The minimum atomic E-state index is -0.443. The molecule has 0 unspecified atom stereocenters. The Kier molecular flexibility index (Phi) is 3.53. The molecular weight excluding hydrogens is 311 g/mol. The summed E-state index contributed by atoms with van der Waals surface area (Å²) < 4.78 is 13.5. The quantitative estimate of drug-likeness (QED) is 0.840. The Balaban J connectivity index is 1.48. The van der Waals surface area contributed by atoms with Gasteiger partial charge in [-0.25, -0.2) is 9.18 Å². The summed E-state index contributed by atoms with van der Waals surface area (Å²) in [6.45, 7) is 4.22. The van der Waals surface area contributed by atoms with E-state index in [4.69, 9.17) is 0 Å². The summed E-state index contributed by atoms with van der Waals surface area (Å²) in [5.41, 5.74) is 3.21. The van der Waals surface area contributed by atoms with Crippen molar-refractivity contribution in [1.82, 2.24) is 20.1 Å². The van der Waals surface area contributed by atoms with Crippen LogP contribution in [0, 0.1) is 5.82 Å². The number of nitrogens with one attached hydrogen (secondary N) is 2. The summed E-state index contributed by atoms with van der Waals surface area (Å²) in [6.07, 6.45) is 0.849. The number of fused-ring (bicyclic) bond motifs is 3. The molecule has 0 spiro atoms. The first-order valence-electron chi connectivity index (χ1n) is 8.16. The molecule has 126 valence electrons. The van der Waals surface area contributed by atoms with Crippen molar-refractivity contribution in [3.8, 4) is 0 Å². The van der Waals surface area contributed by atoms with Crippen LogP contribution >= 0.6 is 0 Å². The number of H-pyrrole nitrogens is 1. The second-order valence-electron chi connectivity index (χ2n) is 6.46. The summed E-state index contributed by atoms with van der Waals surface area (Å²) in [5.74, 6) is -0.415. The highest BCUT2D eigenvalue weighted by Crippen LogP contribution is 2.28. The van der Waals surface area contributed by atoms with Gasteiger partial charge in [-0.1, -0.05) is 0 Å². The summed E-state index contributed by atoms with van der Waals surface area (Å²) in [5, 5.41) is 3.53. The molecule has 0 bridgehead atoms. The summed E-state index contributed by atoms with van der Waals surface area (Å²) in [7, 11) is 0. The van der Waals surface area contributed by atoms with Crippen molar-refractivity contribution in [3.05, 3.63) is 35.3 Å². The van der Waals surface area contributed by atoms with Crippen LogP contribution in [0.5, 0.6) is 0 Å². The number of benzene rings is 1. The molecule has 0 aliphatic carbocycles. The average molecular weight is 330 g/mol. The van der Waals surface area contributed by atoms with Crippen molar-refractivity contribution in [2.75, 3.05) is 19.6 Å². The molecule has 6 nitrogen and oxygen atoms in total. The Morgan fingerprint density at radius 3 is 2.88 bits per heavy atom. The molecule has 1 fully saturated rings. The molecule has 2 aliphatic rings. The Bertz CT molecular complexity index is 831. The van der Waals surface area contributed by atoms with Crippen molar-refractivity contribution >= 4 is 22.8 Å². The predicted molar refractivity (Wildman–Crippen MR) is 86.9 cm³/mol. The van der Waals surface area contributed by atoms with Gasteiger partial charge in [-0.2, -0.15) is 0 Å². The van der Waals surface area contributed by atoms with Crippen molar-refractivity contribution in [2.45, 2.75) is 25.9 Å². The third-order valence-corrected chi connectivity index (χ3v) is 4.88. The molecule has 3 heterocycles. The summed E-state index contributed by atoms with van der Waals surface area (Å²) in [4.78, 5) is 30.5. The average Bonchev–Trinajstić information content (AvgIpc) is 3.03. The lowest BCUT2D eigenvalue weighted by molar-refractivity contribution is -0.127. The van der Waals surface area contributed by atoms with Gasteiger partial charge >= 0.3 is 6.03 Å². The van der Waals surface area contributed by atoms with Crippen LogP contribution < -0.4 is 5.32 Å². The molecule has 4 rings (SSSR count). The normalized spacial score (nSPS) is 21.4. The fourth-order valence-electron chi connectivity index (χ4n) is 3.55. The van der Waals surface area contributed by atoms with Crippen molar-refractivity contribution in [1.29, 1.82) is 0 Å². The topological polar surface area (TPSA) is 68.4 Å². The number of carbonyl (C=O) groups is 2. The lowest BCUT2D eigenvalue weighted by Crippen LogP contribution is -2.40. The van der Waals surface area contributed by atoms with Crippen LogP contribution in [0.4, 0.5) is 9.18 Å². The van der Waals surface area contributed by atoms with Gasteiger partial charge in [-0.3, -0.25) is 14.6 Å². The van der Waals surface area contributed by atoms with Gasteiger partial charge in [0.15, 0.2) is 0 Å². The van der Waals surface area contributed by atoms with Crippen molar-refractivity contribution in [2.24, 2.45) is 0 Å². The molecule has 2 N–H and O–H groups in total. The second kappa shape index (κ2) is 5.59. The predicted octanol–water partition coefficient (Wildman–Crippen LogP) is 1.61. The molecule has 7 heteroatoms. The van der Waals surface area contributed by atoms with Crippen molar-refractivity contribution in [3.63, 3.8) is 0 Å². The van der Waals surface area contributed by atoms with E-state index in [0.29, 0.717) is 19.6 Å². The van der Waals surface area contributed by atoms with E-state index in [1.165, 1.54) is 11.0 Å². The van der Waals surface area contributed by atoms with Gasteiger partial charge in [0.05, 0.1) is 0 Å². The summed E-state index contributed by atoms with van der Waals surface area (Å²) >= 11 is 0. The molecular formula is C17H19FN4O2. The first-order chi connectivity index (χ1) is 11.5. The van der Waals surface area contributed by atoms with Gasteiger partial charge in [0.2, 0.25) is 0 Å². The molecule has 1 aromatic carbocycles. The molecule has 1 aromatic heterocycles. The highest BCUT2D eigenvalue weighted by atomic mass is 19.1. The summed E-state index contributed by atoms with van der Waals surface area (Å²) in [6, 6.07) is 4.03. The van der Waals surface area contributed by atoms with Crippen molar-refractivity contribution < 1.29 is 14.0 Å². The lowest BCUT2D eigenvalue weighted by atomic mass is 10.0. The fourth-order valence-corrected chi connectivity index (χ4v) is 3.55. The molecule has 3 amide bonds. The number of hydrogen-bond acceptors (Lipinski definition) is 3. The number of nitrogens with zero attached hydrogens (tertiary/aromatic N) is 2. The molecule has 1 atom stereocenters. The molecule has 1 saturated heterocycles. The highest BCUT2D eigenvalue weighted by Gasteiger charge is 2.35. The van der Waals surface area contributed by atoms with E-state index in [1.54, 1.807) is 19.1 Å². The standard InChI is InChI=1S/C17H19FN4O2/c1-10-16(23)22(17(24)19-10)7-6-21-5-4-15-13(9-21)12-8-11(18)2-3-14(12)20-15/h2-3,8,10,20H,4-7,9H2,1H3,(H,19,24)/t10-/m1/s1. The Morgan fingerprint density at radius 2 is 2.12 bits per heavy atom. The van der Waals surface area contributed by atoms with Crippen LogP contribution in [0.25, 0.3) is 10.9 Å². The van der Waals surface area contributed by atoms with Crippen LogP contribution in [-0.2, 0) is 17.8 Å². The lowest BCUT2D eigenvalue weighted by Gasteiger charge is -2.28. The monoisotopic (exact) mass is 330 g/mol. The fraction of sp³-hybridized carbons (Fsp3) is 0.412. The zero-order chi connectivity index (χ0) is 16.8. The third kappa shape index (κ3) is 2.45. The van der Waals surface area contributed by atoms with E-state index in [-0.39, 0.29) is 17.8 Å². The number of amides is 3. The molecule has 0 radical (unpaired) electrons. The number of carbonyl (C=O) groups excluding carboxylic acids is 2. The molecule has 2 aliphatic heterocycles. The van der Waals surface area contributed by atoms with Crippen LogP contribution in [-0.4, -0.2) is 52.4 Å². The van der Waals surface area contributed by atoms with E-state index < -0.39 is 6.04 Å². The number of halogens is 1. The maximum absolute atomic E-state index is 13.5. The molecule has 2 aromatic rings. The van der Waals surface area contributed by atoms with Gasteiger partial charge < -0.3 is 10.3 Å². The number of rotatable bonds is 3. The van der Waals surface area contributed by atoms with Crippen LogP contribution in [0.15, 0.2) is 18.2 Å². The molecule has 0 saturated carbocycles. The first kappa shape index (κ1) is 15.1.